The molecular formula is C90H94Cl2N4O9. The van der Waals surface area contributed by atoms with E-state index in [9.17, 15) is 10.2 Å². The predicted molar refractivity (Wildman–Crippen MR) is 413 cm³/mol. The van der Waals surface area contributed by atoms with Gasteiger partial charge in [-0.05, 0) is 161 Å². The van der Waals surface area contributed by atoms with Gasteiger partial charge in [0.1, 0.15) is 63.2 Å². The minimum Gasteiger partial charge on any atom is -1.00 e. The highest BCUT2D eigenvalue weighted by molar-refractivity contribution is 6.17. The van der Waals surface area contributed by atoms with Crippen LogP contribution in [0.2, 0.25) is 0 Å². The molecule has 6 aliphatic heterocycles. The fourth-order valence-corrected chi connectivity index (χ4v) is 16.0. The molecule has 10 atom stereocenters. The molecule has 6 unspecified atom stereocenters. The van der Waals surface area contributed by atoms with Crippen LogP contribution in [-0.4, -0.2) is 82.0 Å². The van der Waals surface area contributed by atoms with Gasteiger partial charge in [-0.3, -0.25) is 14.9 Å². The van der Waals surface area contributed by atoms with E-state index in [1.54, 1.807) is 20.4 Å². The van der Waals surface area contributed by atoms with E-state index in [0.717, 1.165) is 150 Å². The first-order valence-corrected chi connectivity index (χ1v) is 36.8. The van der Waals surface area contributed by atoms with Crippen molar-refractivity contribution in [3.63, 3.8) is 0 Å². The Balaban J connectivity index is 0.000000171. The Morgan fingerprint density at radius 3 is 1.39 bits per heavy atom. The van der Waals surface area contributed by atoms with Crippen LogP contribution >= 0.6 is 11.6 Å². The van der Waals surface area contributed by atoms with Crippen LogP contribution in [0.1, 0.15) is 93.5 Å². The van der Waals surface area contributed by atoms with E-state index in [1.807, 2.05) is 189 Å². The van der Waals surface area contributed by atoms with E-state index in [1.165, 1.54) is 6.42 Å². The molecular weight excluding hydrogens is 1350 g/mol. The standard InChI is InChI=1S/C48H49N2O5.C22H21ClO2.C20H24N2O2.ClH/c1-3-38-30-50(24-22-39(38)27-44(50)47(51)41-21-23-49-43-20-19-40(52-2)28-42(41)43)29-37-25-45(53-31-34-13-7-4-8-14-34)48(55-33-36-17-11-6-12-18-36)46(26-37)54-32-35-15-9-5-10-16-35;1-17-12-20(14-23)13-21(24-15-18-8-4-2-5-9-18)22(17)25-16-19-10-6-3-7-11-19;1-3-13-12-22-9-7-14(13)10-19(22)20(23)16-6-8-21-18-5-4-15(24-2)11-17(16)18;/h3-21,23,25-26,28,38-39,44,47,51H,1,22,24,27,29-33H2,2H3;2-13H,14-16H2,1H3;3-6,8,11,13-14,19-20,23H,1,7,9-10,12H2,2H3;1H/q+1;;;/p-1/t38?,39?,44-,47+,50?;;13?,14?,19-,20+;/m0.0./s1. The van der Waals surface area contributed by atoms with E-state index in [0.29, 0.717) is 86.4 Å². The molecule has 11 aromatic rings. The number of aryl methyl sites for hydroxylation is 1. The number of aromatic nitrogens is 2. The molecule has 15 heteroatoms. The summed E-state index contributed by atoms with van der Waals surface area (Å²) in [6.07, 6.45) is 10.8. The van der Waals surface area contributed by atoms with Crippen molar-refractivity contribution < 1.29 is 60.3 Å². The second kappa shape index (κ2) is 35.9. The monoisotopic (exact) mass is 1440 g/mol. The number of piperidine rings is 6. The van der Waals surface area contributed by atoms with Gasteiger partial charge >= 0.3 is 0 Å². The molecule has 6 aliphatic rings. The van der Waals surface area contributed by atoms with Gasteiger partial charge in [0, 0.05) is 66.0 Å². The second-order valence-electron chi connectivity index (χ2n) is 27.9. The summed E-state index contributed by atoms with van der Waals surface area (Å²) in [7, 11) is 3.33. The van der Waals surface area contributed by atoms with Gasteiger partial charge in [0.15, 0.2) is 23.0 Å². The Bertz CT molecular complexity index is 4570. The zero-order valence-corrected chi connectivity index (χ0v) is 61.6. The van der Waals surface area contributed by atoms with E-state index in [4.69, 9.17) is 44.8 Å². The molecule has 6 fully saturated rings. The van der Waals surface area contributed by atoms with Gasteiger partial charge in [0.2, 0.25) is 5.75 Å². The molecule has 13 nitrogen and oxygen atoms in total. The predicted octanol–water partition coefficient (Wildman–Crippen LogP) is 15.7. The van der Waals surface area contributed by atoms with E-state index >= 15 is 0 Å². The fourth-order valence-electron chi connectivity index (χ4n) is 15.9. The summed E-state index contributed by atoms with van der Waals surface area (Å²) in [5, 5.41) is 25.6. The normalized spacial score (nSPS) is 20.3. The average molecular weight is 1450 g/mol. The van der Waals surface area contributed by atoms with Crippen molar-refractivity contribution >= 4 is 33.4 Å². The van der Waals surface area contributed by atoms with Gasteiger partial charge in [-0.1, -0.05) is 170 Å². The zero-order chi connectivity index (χ0) is 71.8. The molecule has 17 rings (SSSR count). The number of hydrogen-bond acceptors (Lipinski definition) is 12. The minimum atomic E-state index is -0.706. The van der Waals surface area contributed by atoms with Crippen molar-refractivity contribution in [3.8, 4) is 40.2 Å². The van der Waals surface area contributed by atoms with Crippen LogP contribution in [-0.2, 0) is 45.5 Å². The van der Waals surface area contributed by atoms with Gasteiger partial charge in [-0.25, -0.2) is 0 Å². The Morgan fingerprint density at radius 2 is 0.943 bits per heavy atom. The van der Waals surface area contributed by atoms with Crippen molar-refractivity contribution in [1.82, 2.24) is 14.9 Å². The molecule has 0 spiro atoms. The van der Waals surface area contributed by atoms with Gasteiger partial charge < -0.3 is 60.3 Å². The number of fused-ring (bicyclic) bond motifs is 8. The minimum absolute atomic E-state index is 0. The number of benzene rings is 9. The van der Waals surface area contributed by atoms with Gasteiger partial charge in [0.25, 0.3) is 0 Å². The lowest BCUT2D eigenvalue weighted by Gasteiger charge is -2.58. The van der Waals surface area contributed by atoms with Crippen LogP contribution in [0.25, 0.3) is 21.8 Å². The summed E-state index contributed by atoms with van der Waals surface area (Å²) in [5.74, 6) is 7.39. The highest BCUT2D eigenvalue weighted by Gasteiger charge is 2.54. The topological polar surface area (TPSA) is 134 Å². The average Bonchev–Trinajstić information content (AvgIpc) is 0.743. The Labute approximate surface area is 629 Å². The molecule has 4 bridgehead atoms. The van der Waals surface area contributed by atoms with Crippen LogP contribution in [0, 0.1) is 30.6 Å². The molecule has 6 saturated heterocycles. The highest BCUT2D eigenvalue weighted by Crippen LogP contribution is 2.50. The number of rotatable bonds is 26. The number of alkyl halides is 1. The molecule has 542 valence electrons. The number of pyridine rings is 2. The Kier molecular flexibility index (Phi) is 25.6. The first-order valence-electron chi connectivity index (χ1n) is 36.3. The summed E-state index contributed by atoms with van der Waals surface area (Å²) in [6, 6.07) is 74.8. The summed E-state index contributed by atoms with van der Waals surface area (Å²) < 4.78 is 43.8. The van der Waals surface area contributed by atoms with Crippen molar-refractivity contribution in [3.05, 3.63) is 318 Å². The van der Waals surface area contributed by atoms with Crippen molar-refractivity contribution in [2.24, 2.45) is 23.7 Å². The SMILES string of the molecule is C=CC1CN2CCC1C[C@H]2[C@H](O)c1ccnc2ccc(OC)cc12.C=CC1C[N+]2(Cc3cc(OCc4ccccc4)c(OCc4ccccc4)c(OCc4ccccc4)c3)CCC1C[C@H]2[C@H](O)c1ccnc2ccc(OC)cc12.Cc1cc(CCl)cc(OCc2ccccc2)c1OCc1ccccc1.[Cl-]. The number of aliphatic hydroxyl groups is 2. The number of ether oxygens (including phenoxy) is 7. The number of methoxy groups -OCH3 is 2. The molecule has 2 N–H and O–H groups in total. The summed E-state index contributed by atoms with van der Waals surface area (Å²) in [4.78, 5) is 11.5. The maximum atomic E-state index is 12.5. The molecule has 0 saturated carbocycles. The number of quaternary nitrogens is 1. The van der Waals surface area contributed by atoms with Crippen molar-refractivity contribution in [1.29, 1.82) is 0 Å². The number of aliphatic hydroxyl groups excluding tert-OH is 2. The lowest BCUT2D eigenvalue weighted by Crippen LogP contribution is -3.00. The summed E-state index contributed by atoms with van der Waals surface area (Å²) in [6.45, 7) is 17.0. The number of hydrogen-bond donors (Lipinski definition) is 2. The molecule has 0 aliphatic carbocycles. The maximum Gasteiger partial charge on any atom is 0.203 e. The third-order valence-electron chi connectivity index (χ3n) is 21.4. The number of halogens is 2. The van der Waals surface area contributed by atoms with E-state index in [2.05, 4.69) is 88.7 Å². The Hall–Kier alpha value is -9.70. The lowest BCUT2D eigenvalue weighted by atomic mass is 9.71. The van der Waals surface area contributed by atoms with Crippen LogP contribution in [0.5, 0.6) is 40.2 Å². The zero-order valence-electron chi connectivity index (χ0n) is 60.1. The smallest absolute Gasteiger partial charge is 0.203 e. The lowest BCUT2D eigenvalue weighted by molar-refractivity contribution is -0.984. The molecule has 8 heterocycles. The Morgan fingerprint density at radius 1 is 0.505 bits per heavy atom. The van der Waals surface area contributed by atoms with Gasteiger partial charge in [-0.15, -0.1) is 24.8 Å². The molecule has 105 heavy (non-hydrogen) atoms. The van der Waals surface area contributed by atoms with Crippen LogP contribution in [0.3, 0.4) is 0 Å². The number of nitrogens with zero attached hydrogens (tertiary/aromatic N) is 4. The second-order valence-corrected chi connectivity index (χ2v) is 28.2. The van der Waals surface area contributed by atoms with E-state index in [-0.39, 0.29) is 24.5 Å². The van der Waals surface area contributed by atoms with Crippen LogP contribution < -0.4 is 45.6 Å². The van der Waals surface area contributed by atoms with Gasteiger partial charge in [-0.2, -0.15) is 0 Å². The van der Waals surface area contributed by atoms with Crippen molar-refractivity contribution in [2.45, 2.75) is 102 Å². The van der Waals surface area contributed by atoms with Gasteiger partial charge in [0.05, 0.1) is 44.4 Å². The maximum absolute atomic E-state index is 12.5. The first-order chi connectivity index (χ1) is 51.0. The van der Waals surface area contributed by atoms with Crippen LogP contribution in [0.4, 0.5) is 0 Å². The summed E-state index contributed by atoms with van der Waals surface area (Å²) >= 11 is 6.02. The molecule has 2 aromatic heterocycles. The van der Waals surface area contributed by atoms with E-state index < -0.39 is 12.2 Å². The third kappa shape index (κ3) is 18.2. The highest BCUT2D eigenvalue weighted by atomic mass is 35.5. The molecule has 0 amide bonds. The van der Waals surface area contributed by atoms with Crippen LogP contribution in [0.15, 0.2) is 262 Å². The summed E-state index contributed by atoms with van der Waals surface area (Å²) in [5.41, 5.74) is 12.1. The molecule has 0 radical (unpaired) electrons. The fraction of sp³-hybridized carbons (Fsp3) is 0.289. The third-order valence-corrected chi connectivity index (χ3v) is 21.7. The largest absolute Gasteiger partial charge is 1.00 e. The molecule has 9 aromatic carbocycles. The first kappa shape index (κ1) is 75.0. The quantitative estimate of drug-likeness (QED) is 0.0304. The van der Waals surface area contributed by atoms with Crippen molar-refractivity contribution in [2.75, 3.05) is 40.4 Å².